The highest BCUT2D eigenvalue weighted by molar-refractivity contribution is 5.97. The van der Waals surface area contributed by atoms with Gasteiger partial charge in [0.25, 0.3) is 11.5 Å². The van der Waals surface area contributed by atoms with Crippen LogP contribution in [0.15, 0.2) is 53.3 Å². The molecule has 7 heteroatoms. The summed E-state index contributed by atoms with van der Waals surface area (Å²) in [5.74, 6) is -0.0148. The number of nitrogens with one attached hydrogen (secondary N) is 2. The maximum Gasteiger partial charge on any atom is 0.265 e. The minimum Gasteiger partial charge on any atom is -0.352 e. The van der Waals surface area contributed by atoms with Crippen LogP contribution in [-0.4, -0.2) is 33.4 Å². The Hall–Kier alpha value is -3.48. The van der Waals surface area contributed by atoms with Crippen LogP contribution in [0.4, 0.5) is 0 Å². The van der Waals surface area contributed by atoms with Gasteiger partial charge in [-0.15, -0.1) is 0 Å². The van der Waals surface area contributed by atoms with E-state index in [0.29, 0.717) is 28.0 Å². The number of carbonyl (C=O) groups excluding carboxylic acids is 2. The predicted octanol–water partition coefficient (Wildman–Crippen LogP) is 2.73. The summed E-state index contributed by atoms with van der Waals surface area (Å²) in [5, 5.41) is 6.08. The van der Waals surface area contributed by atoms with Crippen LogP contribution >= 0.6 is 0 Å². The Morgan fingerprint density at radius 2 is 1.70 bits per heavy atom. The van der Waals surface area contributed by atoms with E-state index in [1.54, 1.807) is 56.3 Å². The second-order valence-corrected chi connectivity index (χ2v) is 7.38. The van der Waals surface area contributed by atoms with Crippen LogP contribution in [-0.2, 0) is 4.79 Å². The molecule has 0 aliphatic rings. The molecule has 30 heavy (non-hydrogen) atoms. The third-order valence-electron chi connectivity index (χ3n) is 5.07. The lowest BCUT2D eigenvalue weighted by Crippen LogP contribution is -2.47. The summed E-state index contributed by atoms with van der Waals surface area (Å²) >= 11 is 0. The summed E-state index contributed by atoms with van der Waals surface area (Å²) in [5.41, 5.74) is 1.51. The molecule has 0 spiro atoms. The smallest absolute Gasteiger partial charge is 0.265 e. The van der Waals surface area contributed by atoms with Gasteiger partial charge in [0.15, 0.2) is 0 Å². The lowest BCUT2D eigenvalue weighted by atomic mass is 10.1. The minimum absolute atomic E-state index is 0.0493. The Morgan fingerprint density at radius 3 is 2.37 bits per heavy atom. The molecule has 2 aromatic carbocycles. The van der Waals surface area contributed by atoms with Crippen LogP contribution in [0.25, 0.3) is 16.6 Å². The van der Waals surface area contributed by atoms with Gasteiger partial charge in [0, 0.05) is 11.6 Å². The van der Waals surface area contributed by atoms with E-state index in [-0.39, 0.29) is 23.4 Å². The van der Waals surface area contributed by atoms with E-state index in [1.807, 2.05) is 19.9 Å². The molecule has 0 radical (unpaired) electrons. The van der Waals surface area contributed by atoms with E-state index >= 15 is 0 Å². The zero-order valence-electron chi connectivity index (χ0n) is 17.6. The van der Waals surface area contributed by atoms with Gasteiger partial charge in [-0.3, -0.25) is 19.0 Å². The van der Waals surface area contributed by atoms with Crippen molar-refractivity contribution in [2.45, 2.75) is 46.2 Å². The van der Waals surface area contributed by atoms with Gasteiger partial charge in [-0.2, -0.15) is 0 Å². The first-order chi connectivity index (χ1) is 14.3. The fourth-order valence-electron chi connectivity index (χ4n) is 3.13. The number of amides is 2. The lowest BCUT2D eigenvalue weighted by molar-refractivity contribution is -0.123. The Balaban J connectivity index is 1.80. The van der Waals surface area contributed by atoms with Crippen LogP contribution in [0, 0.1) is 6.92 Å². The van der Waals surface area contributed by atoms with Crippen molar-refractivity contribution in [3.63, 3.8) is 0 Å². The second-order valence-electron chi connectivity index (χ2n) is 7.38. The molecule has 1 aromatic heterocycles. The molecule has 0 fully saturated rings. The quantitative estimate of drug-likeness (QED) is 0.658. The van der Waals surface area contributed by atoms with Gasteiger partial charge in [-0.05, 0) is 63.6 Å². The number of aryl methyl sites for hydroxylation is 1. The summed E-state index contributed by atoms with van der Waals surface area (Å²) in [7, 11) is 0. The zero-order chi connectivity index (χ0) is 21.8. The van der Waals surface area contributed by atoms with Crippen molar-refractivity contribution in [2.75, 3.05) is 0 Å². The number of rotatable bonds is 6. The fourth-order valence-corrected chi connectivity index (χ4v) is 3.13. The average Bonchev–Trinajstić information content (AvgIpc) is 2.74. The van der Waals surface area contributed by atoms with E-state index in [4.69, 9.17) is 0 Å². The number of para-hydroxylation sites is 1. The second kappa shape index (κ2) is 8.90. The first-order valence-corrected chi connectivity index (χ1v) is 10.0. The van der Waals surface area contributed by atoms with Gasteiger partial charge in [0.05, 0.1) is 16.6 Å². The first kappa shape index (κ1) is 21.2. The van der Waals surface area contributed by atoms with E-state index in [2.05, 4.69) is 15.6 Å². The summed E-state index contributed by atoms with van der Waals surface area (Å²) in [6, 6.07) is 13.2. The lowest BCUT2D eigenvalue weighted by Gasteiger charge is -2.17. The molecular formula is C23H26N4O3. The SMILES string of the molecule is CCC(C)NC(=O)C(C)NC(=O)c1ccc(-n2c(C)nc3ccccc3c2=O)cc1. The Labute approximate surface area is 175 Å². The third-order valence-corrected chi connectivity index (χ3v) is 5.07. The zero-order valence-corrected chi connectivity index (χ0v) is 17.6. The fraction of sp³-hybridized carbons (Fsp3) is 0.304. The molecule has 2 N–H and O–H groups in total. The maximum atomic E-state index is 12.9. The van der Waals surface area contributed by atoms with Crippen molar-refractivity contribution in [3.8, 4) is 5.69 Å². The van der Waals surface area contributed by atoms with E-state index in [1.165, 1.54) is 4.57 Å². The van der Waals surface area contributed by atoms with Crippen LogP contribution in [0.5, 0.6) is 0 Å². The molecule has 7 nitrogen and oxygen atoms in total. The van der Waals surface area contributed by atoms with Crippen molar-refractivity contribution in [3.05, 3.63) is 70.3 Å². The van der Waals surface area contributed by atoms with Crippen LogP contribution in [0.2, 0.25) is 0 Å². The van der Waals surface area contributed by atoms with E-state index in [9.17, 15) is 14.4 Å². The molecule has 0 saturated heterocycles. The number of fused-ring (bicyclic) bond motifs is 1. The molecule has 156 valence electrons. The molecule has 2 unspecified atom stereocenters. The van der Waals surface area contributed by atoms with E-state index < -0.39 is 6.04 Å². The van der Waals surface area contributed by atoms with Crippen molar-refractivity contribution < 1.29 is 9.59 Å². The van der Waals surface area contributed by atoms with Gasteiger partial charge < -0.3 is 10.6 Å². The monoisotopic (exact) mass is 406 g/mol. The maximum absolute atomic E-state index is 12.9. The highest BCUT2D eigenvalue weighted by atomic mass is 16.2. The Kier molecular flexibility index (Phi) is 6.30. The third kappa shape index (κ3) is 4.40. The molecule has 3 rings (SSSR count). The number of hydrogen-bond donors (Lipinski definition) is 2. The number of hydrogen-bond acceptors (Lipinski definition) is 4. The molecule has 0 saturated carbocycles. The normalized spacial score (nSPS) is 12.9. The average molecular weight is 406 g/mol. The molecule has 3 aromatic rings. The van der Waals surface area contributed by atoms with E-state index in [0.717, 1.165) is 6.42 Å². The first-order valence-electron chi connectivity index (χ1n) is 10.0. The summed E-state index contributed by atoms with van der Waals surface area (Å²) < 4.78 is 1.52. The summed E-state index contributed by atoms with van der Waals surface area (Å²) in [6.07, 6.45) is 0.816. The minimum atomic E-state index is -0.652. The molecule has 0 aliphatic heterocycles. The molecule has 1 heterocycles. The highest BCUT2D eigenvalue weighted by Gasteiger charge is 2.18. The largest absolute Gasteiger partial charge is 0.352 e. The number of carbonyl (C=O) groups is 2. The standard InChI is InChI=1S/C23H26N4O3/c1-5-14(2)24-21(28)15(3)25-22(29)17-10-12-18(13-11-17)27-16(4)26-20-9-7-6-8-19(20)23(27)30/h6-15H,5H2,1-4H3,(H,24,28)(H,25,29). The van der Waals surface area contributed by atoms with Crippen LogP contribution < -0.4 is 16.2 Å². The molecular weight excluding hydrogens is 380 g/mol. The van der Waals surface area contributed by atoms with Gasteiger partial charge in [0.2, 0.25) is 5.91 Å². The van der Waals surface area contributed by atoms with Crippen molar-refractivity contribution in [2.24, 2.45) is 0 Å². The topological polar surface area (TPSA) is 93.1 Å². The Bertz CT molecular complexity index is 1140. The number of benzene rings is 2. The van der Waals surface area contributed by atoms with Crippen molar-refractivity contribution in [1.82, 2.24) is 20.2 Å². The molecule has 0 aliphatic carbocycles. The van der Waals surface area contributed by atoms with Gasteiger partial charge >= 0.3 is 0 Å². The molecule has 2 atom stereocenters. The summed E-state index contributed by atoms with van der Waals surface area (Å²) in [6.45, 7) is 7.31. The van der Waals surface area contributed by atoms with Crippen molar-refractivity contribution in [1.29, 1.82) is 0 Å². The van der Waals surface area contributed by atoms with Gasteiger partial charge in [-0.1, -0.05) is 19.1 Å². The van der Waals surface area contributed by atoms with Crippen LogP contribution in [0.3, 0.4) is 0 Å². The van der Waals surface area contributed by atoms with Crippen molar-refractivity contribution >= 4 is 22.7 Å². The Morgan fingerprint density at radius 1 is 1.03 bits per heavy atom. The predicted molar refractivity (Wildman–Crippen MR) is 117 cm³/mol. The van der Waals surface area contributed by atoms with Crippen LogP contribution in [0.1, 0.15) is 43.4 Å². The molecule has 0 bridgehead atoms. The molecule has 2 amide bonds. The van der Waals surface area contributed by atoms with Gasteiger partial charge in [0.1, 0.15) is 11.9 Å². The highest BCUT2D eigenvalue weighted by Crippen LogP contribution is 2.13. The van der Waals surface area contributed by atoms with Gasteiger partial charge in [-0.25, -0.2) is 4.98 Å². The number of nitrogens with zero attached hydrogens (tertiary/aromatic N) is 2. The number of aromatic nitrogens is 2. The summed E-state index contributed by atoms with van der Waals surface area (Å²) in [4.78, 5) is 42.0.